The summed E-state index contributed by atoms with van der Waals surface area (Å²) in [7, 11) is 0. The summed E-state index contributed by atoms with van der Waals surface area (Å²) in [6, 6.07) is 11.2. The van der Waals surface area contributed by atoms with Crippen LogP contribution in [-0.4, -0.2) is 11.7 Å². The summed E-state index contributed by atoms with van der Waals surface area (Å²) in [4.78, 5) is 1.34. The molecule has 19 heavy (non-hydrogen) atoms. The molecular weight excluding hydrogens is 256 g/mol. The zero-order valence-corrected chi connectivity index (χ0v) is 11.6. The van der Waals surface area contributed by atoms with Crippen LogP contribution in [0.5, 0.6) is 5.75 Å². The lowest BCUT2D eigenvalue weighted by atomic mass is 10.0. The molecule has 98 valence electrons. The van der Waals surface area contributed by atoms with Gasteiger partial charge in [-0.25, -0.2) is 0 Å². The van der Waals surface area contributed by atoms with Crippen LogP contribution in [0.25, 0.3) is 0 Å². The minimum Gasteiger partial charge on any atom is -0.508 e. The van der Waals surface area contributed by atoms with Gasteiger partial charge in [0, 0.05) is 23.0 Å². The van der Waals surface area contributed by atoms with Gasteiger partial charge in [-0.1, -0.05) is 6.07 Å². The van der Waals surface area contributed by atoms with Crippen molar-refractivity contribution in [1.29, 1.82) is 5.26 Å². The maximum Gasteiger partial charge on any atom is 0.120 e. The lowest BCUT2D eigenvalue weighted by molar-refractivity contribution is 0.453. The van der Waals surface area contributed by atoms with Gasteiger partial charge in [-0.15, -0.1) is 11.3 Å². The van der Waals surface area contributed by atoms with E-state index in [1.54, 1.807) is 29.5 Å². The molecule has 1 aromatic carbocycles. The van der Waals surface area contributed by atoms with Gasteiger partial charge in [-0.3, -0.25) is 0 Å². The van der Waals surface area contributed by atoms with Gasteiger partial charge in [0.1, 0.15) is 5.75 Å². The number of rotatable bonds is 5. The summed E-state index contributed by atoms with van der Waals surface area (Å²) < 4.78 is 0. The maximum atomic E-state index is 9.84. The Hall–Kier alpha value is -1.83. The normalized spacial score (nSPS) is 12.0. The van der Waals surface area contributed by atoms with Crippen molar-refractivity contribution in [2.45, 2.75) is 19.4 Å². The zero-order chi connectivity index (χ0) is 13.7. The summed E-state index contributed by atoms with van der Waals surface area (Å²) in [5.74, 6) is 0.232. The van der Waals surface area contributed by atoms with Gasteiger partial charge < -0.3 is 10.4 Å². The molecule has 0 aliphatic carbocycles. The second-order valence-corrected chi connectivity index (χ2v) is 5.42. The molecule has 0 aliphatic rings. The number of phenols is 1. The van der Waals surface area contributed by atoms with Crippen molar-refractivity contribution in [3.63, 3.8) is 0 Å². The lowest BCUT2D eigenvalue weighted by Gasteiger charge is -2.15. The molecule has 0 aliphatic heterocycles. The highest BCUT2D eigenvalue weighted by atomic mass is 32.1. The molecule has 4 heteroatoms. The predicted octanol–water partition coefficient (Wildman–Crippen LogP) is 3.22. The molecule has 0 amide bonds. The van der Waals surface area contributed by atoms with Crippen LogP contribution in [0, 0.1) is 11.3 Å². The lowest BCUT2D eigenvalue weighted by Crippen LogP contribution is -2.21. The van der Waals surface area contributed by atoms with E-state index in [2.05, 4.69) is 22.8 Å². The summed E-state index contributed by atoms with van der Waals surface area (Å²) in [6.45, 7) is 2.84. The van der Waals surface area contributed by atoms with Crippen LogP contribution >= 0.6 is 11.3 Å². The second kappa shape index (κ2) is 6.37. The first-order valence-electron chi connectivity index (χ1n) is 6.19. The third-order valence-electron chi connectivity index (χ3n) is 3.03. The van der Waals surface area contributed by atoms with E-state index in [1.807, 2.05) is 13.0 Å². The topological polar surface area (TPSA) is 56.0 Å². The highest BCUT2D eigenvalue weighted by Gasteiger charge is 2.10. The molecule has 2 rings (SSSR count). The van der Waals surface area contributed by atoms with Gasteiger partial charge in [0.2, 0.25) is 0 Å². The molecule has 0 spiro atoms. The minimum atomic E-state index is 0.0215. The molecule has 3 nitrogen and oxygen atoms in total. The average Bonchev–Trinajstić information content (AvgIpc) is 2.92. The number of phenolic OH excluding ortho intramolecular Hbond substituents is 1. The number of nitriles is 1. The van der Waals surface area contributed by atoms with Crippen molar-refractivity contribution >= 4 is 11.3 Å². The fourth-order valence-corrected chi connectivity index (χ4v) is 2.66. The van der Waals surface area contributed by atoms with E-state index in [1.165, 1.54) is 4.88 Å². The molecule has 0 unspecified atom stereocenters. The molecule has 0 fully saturated rings. The van der Waals surface area contributed by atoms with Crippen molar-refractivity contribution in [2.24, 2.45) is 0 Å². The van der Waals surface area contributed by atoms with E-state index in [0.717, 1.165) is 18.5 Å². The number of thiophene rings is 1. The standard InChI is InChI=1S/C15H16N2OS/c1-11(17-7-6-13-3-2-8-19-13)14-9-12(10-16)4-5-15(14)18/h2-5,8-9,11,17-18H,6-7H2,1H3/t11-/m0/s1. The van der Waals surface area contributed by atoms with E-state index >= 15 is 0 Å². The highest BCUT2D eigenvalue weighted by Crippen LogP contribution is 2.24. The van der Waals surface area contributed by atoms with E-state index in [0.29, 0.717) is 5.56 Å². The number of nitrogens with zero attached hydrogens (tertiary/aromatic N) is 1. The first kappa shape index (κ1) is 13.6. The van der Waals surface area contributed by atoms with Gasteiger partial charge in [-0.2, -0.15) is 5.26 Å². The van der Waals surface area contributed by atoms with E-state index in [-0.39, 0.29) is 11.8 Å². The van der Waals surface area contributed by atoms with E-state index in [9.17, 15) is 5.11 Å². The summed E-state index contributed by atoms with van der Waals surface area (Å²) in [5.41, 5.74) is 1.34. The molecule has 1 atom stereocenters. The summed E-state index contributed by atoms with van der Waals surface area (Å²) in [6.07, 6.45) is 0.973. The van der Waals surface area contributed by atoms with Gasteiger partial charge >= 0.3 is 0 Å². The molecule has 0 saturated heterocycles. The summed E-state index contributed by atoms with van der Waals surface area (Å²) >= 11 is 1.75. The third-order valence-corrected chi connectivity index (χ3v) is 3.96. The molecular formula is C15H16N2OS. The smallest absolute Gasteiger partial charge is 0.120 e. The minimum absolute atomic E-state index is 0.0215. The van der Waals surface area contributed by atoms with Crippen LogP contribution in [0.4, 0.5) is 0 Å². The van der Waals surface area contributed by atoms with Crippen LogP contribution in [-0.2, 0) is 6.42 Å². The Bertz CT molecular complexity index is 572. The number of benzene rings is 1. The maximum absolute atomic E-state index is 9.84. The van der Waals surface area contributed by atoms with E-state index in [4.69, 9.17) is 5.26 Å². The van der Waals surface area contributed by atoms with Crippen LogP contribution < -0.4 is 5.32 Å². The monoisotopic (exact) mass is 272 g/mol. The Morgan fingerprint density at radius 1 is 1.42 bits per heavy atom. The van der Waals surface area contributed by atoms with Gasteiger partial charge in [-0.05, 0) is 43.0 Å². The van der Waals surface area contributed by atoms with Crippen molar-refractivity contribution in [3.05, 3.63) is 51.7 Å². The average molecular weight is 272 g/mol. The first-order chi connectivity index (χ1) is 9.20. The van der Waals surface area contributed by atoms with Crippen LogP contribution in [0.3, 0.4) is 0 Å². The second-order valence-electron chi connectivity index (χ2n) is 4.39. The quantitative estimate of drug-likeness (QED) is 0.878. The Labute approximate surface area is 117 Å². The molecule has 0 radical (unpaired) electrons. The molecule has 1 heterocycles. The molecule has 2 aromatic rings. The Balaban J connectivity index is 1.96. The Morgan fingerprint density at radius 2 is 2.26 bits per heavy atom. The van der Waals surface area contributed by atoms with Crippen LogP contribution in [0.1, 0.15) is 29.0 Å². The molecule has 1 aromatic heterocycles. The third kappa shape index (κ3) is 3.57. The van der Waals surface area contributed by atoms with Crippen molar-refractivity contribution < 1.29 is 5.11 Å². The predicted molar refractivity (Wildman–Crippen MR) is 77.3 cm³/mol. The number of hydrogen-bond acceptors (Lipinski definition) is 4. The SMILES string of the molecule is C[C@H](NCCc1cccs1)c1cc(C#N)ccc1O. The Morgan fingerprint density at radius 3 is 2.95 bits per heavy atom. The summed E-state index contributed by atoms with van der Waals surface area (Å²) in [5, 5.41) is 24.2. The number of hydrogen-bond donors (Lipinski definition) is 2. The fourth-order valence-electron chi connectivity index (χ4n) is 1.95. The first-order valence-corrected chi connectivity index (χ1v) is 7.07. The van der Waals surface area contributed by atoms with Crippen LogP contribution in [0.15, 0.2) is 35.7 Å². The largest absolute Gasteiger partial charge is 0.508 e. The van der Waals surface area contributed by atoms with Crippen molar-refractivity contribution in [1.82, 2.24) is 5.32 Å². The fraction of sp³-hybridized carbons (Fsp3) is 0.267. The van der Waals surface area contributed by atoms with E-state index < -0.39 is 0 Å². The van der Waals surface area contributed by atoms with Gasteiger partial charge in [0.15, 0.2) is 0 Å². The number of aromatic hydroxyl groups is 1. The molecule has 0 bridgehead atoms. The molecule has 0 saturated carbocycles. The van der Waals surface area contributed by atoms with Gasteiger partial charge in [0.25, 0.3) is 0 Å². The number of nitrogens with one attached hydrogen (secondary N) is 1. The highest BCUT2D eigenvalue weighted by molar-refractivity contribution is 7.09. The zero-order valence-electron chi connectivity index (χ0n) is 10.8. The Kier molecular flexibility index (Phi) is 4.56. The molecule has 2 N–H and O–H groups in total. The van der Waals surface area contributed by atoms with Gasteiger partial charge in [0.05, 0.1) is 11.6 Å². The van der Waals surface area contributed by atoms with Crippen LogP contribution in [0.2, 0.25) is 0 Å². The van der Waals surface area contributed by atoms with Crippen molar-refractivity contribution in [3.8, 4) is 11.8 Å². The van der Waals surface area contributed by atoms with Crippen molar-refractivity contribution in [2.75, 3.05) is 6.54 Å².